The van der Waals surface area contributed by atoms with E-state index in [1.807, 2.05) is 52.0 Å². The van der Waals surface area contributed by atoms with E-state index in [1.165, 1.54) is 10.8 Å². The highest BCUT2D eigenvalue weighted by Gasteiger charge is 2.19. The molecule has 140 valence electrons. The Bertz CT molecular complexity index is 1200. The molecular weight excluding hydrogens is 346 g/mol. The van der Waals surface area contributed by atoms with E-state index >= 15 is 0 Å². The molecule has 3 heteroatoms. The minimum Gasteiger partial charge on any atom is -0.456 e. The van der Waals surface area contributed by atoms with Crippen molar-refractivity contribution >= 4 is 27.6 Å². The number of pyridine rings is 1. The smallest absolute Gasteiger partial charge is 0.338 e. The molecule has 1 heterocycles. The van der Waals surface area contributed by atoms with Crippen molar-refractivity contribution in [3.05, 3.63) is 78.0 Å². The van der Waals surface area contributed by atoms with Crippen LogP contribution >= 0.6 is 0 Å². The maximum atomic E-state index is 12.6. The van der Waals surface area contributed by atoms with E-state index in [0.29, 0.717) is 5.56 Å². The fourth-order valence-corrected chi connectivity index (χ4v) is 3.42. The molecule has 4 rings (SSSR count). The fraction of sp³-hybridized carbons (Fsp3) is 0.200. The standard InChI is InChI=1S/C25H23NO2/c1-16-13-21(19-10-9-17-7-5-6-8-18(17)14-19)22-15-20(11-12-23(22)26-16)24(27)28-25(2,3)4/h5-15H,1-4H3. The minimum absolute atomic E-state index is 0.320. The molecule has 0 amide bonds. The molecule has 3 nitrogen and oxygen atoms in total. The Hall–Kier alpha value is -3.20. The van der Waals surface area contributed by atoms with Crippen LogP contribution in [-0.4, -0.2) is 16.6 Å². The lowest BCUT2D eigenvalue weighted by Gasteiger charge is -2.19. The van der Waals surface area contributed by atoms with Crippen molar-refractivity contribution in [1.29, 1.82) is 0 Å². The fourth-order valence-electron chi connectivity index (χ4n) is 3.42. The molecule has 1 aromatic heterocycles. The zero-order chi connectivity index (χ0) is 19.9. The van der Waals surface area contributed by atoms with Crippen LogP contribution in [0.5, 0.6) is 0 Å². The first-order valence-corrected chi connectivity index (χ1v) is 9.44. The molecule has 0 spiro atoms. The van der Waals surface area contributed by atoms with Crippen LogP contribution in [0.3, 0.4) is 0 Å². The number of carbonyl (C=O) groups excluding carboxylic acids is 1. The van der Waals surface area contributed by atoms with Crippen LogP contribution < -0.4 is 0 Å². The third-order valence-electron chi connectivity index (χ3n) is 4.63. The van der Waals surface area contributed by atoms with E-state index in [1.54, 1.807) is 6.07 Å². The second-order valence-electron chi connectivity index (χ2n) is 8.11. The Kier molecular flexibility index (Phi) is 4.38. The van der Waals surface area contributed by atoms with Crippen LogP contribution in [0.15, 0.2) is 66.7 Å². The summed E-state index contributed by atoms with van der Waals surface area (Å²) in [5.74, 6) is -0.320. The van der Waals surface area contributed by atoms with Gasteiger partial charge in [-0.2, -0.15) is 0 Å². The minimum atomic E-state index is -0.529. The summed E-state index contributed by atoms with van der Waals surface area (Å²) >= 11 is 0. The molecule has 0 unspecified atom stereocenters. The van der Waals surface area contributed by atoms with Crippen LogP contribution in [0, 0.1) is 6.92 Å². The molecule has 0 saturated carbocycles. The van der Waals surface area contributed by atoms with Gasteiger partial charge in [0.1, 0.15) is 5.60 Å². The lowest BCUT2D eigenvalue weighted by Crippen LogP contribution is -2.23. The number of hydrogen-bond acceptors (Lipinski definition) is 3. The topological polar surface area (TPSA) is 39.2 Å². The second-order valence-corrected chi connectivity index (χ2v) is 8.11. The van der Waals surface area contributed by atoms with Crippen molar-refractivity contribution in [3.63, 3.8) is 0 Å². The summed E-state index contributed by atoms with van der Waals surface area (Å²) in [6.07, 6.45) is 0. The summed E-state index contributed by atoms with van der Waals surface area (Å²) < 4.78 is 5.54. The van der Waals surface area contributed by atoms with Gasteiger partial charge in [-0.15, -0.1) is 0 Å². The van der Waals surface area contributed by atoms with Crippen LogP contribution in [0.4, 0.5) is 0 Å². The third kappa shape index (κ3) is 3.61. The molecule has 0 aliphatic rings. The number of esters is 1. The zero-order valence-corrected chi connectivity index (χ0v) is 16.6. The predicted molar refractivity (Wildman–Crippen MR) is 115 cm³/mol. The molecule has 3 aromatic carbocycles. The zero-order valence-electron chi connectivity index (χ0n) is 16.6. The van der Waals surface area contributed by atoms with Gasteiger partial charge in [0.05, 0.1) is 11.1 Å². The molecule has 0 radical (unpaired) electrons. The first kappa shape index (κ1) is 18.2. The van der Waals surface area contributed by atoms with Gasteiger partial charge >= 0.3 is 5.97 Å². The lowest BCUT2D eigenvalue weighted by atomic mass is 9.96. The van der Waals surface area contributed by atoms with Gasteiger partial charge in [-0.3, -0.25) is 4.98 Å². The molecule has 0 aliphatic carbocycles. The third-order valence-corrected chi connectivity index (χ3v) is 4.63. The number of aryl methyl sites for hydroxylation is 1. The van der Waals surface area contributed by atoms with Crippen molar-refractivity contribution in [2.45, 2.75) is 33.3 Å². The number of hydrogen-bond donors (Lipinski definition) is 0. The highest BCUT2D eigenvalue weighted by atomic mass is 16.6. The van der Waals surface area contributed by atoms with E-state index in [9.17, 15) is 4.79 Å². The molecule has 0 saturated heterocycles. The van der Waals surface area contributed by atoms with Crippen LogP contribution in [0.2, 0.25) is 0 Å². The average Bonchev–Trinajstić information content (AvgIpc) is 2.65. The molecular formula is C25H23NO2. The number of carbonyl (C=O) groups is 1. The monoisotopic (exact) mass is 369 g/mol. The Morgan fingerprint density at radius 3 is 2.39 bits per heavy atom. The summed E-state index contributed by atoms with van der Waals surface area (Å²) in [7, 11) is 0. The predicted octanol–water partition coefficient (Wildman–Crippen LogP) is 6.32. The van der Waals surface area contributed by atoms with Crippen LogP contribution in [0.1, 0.15) is 36.8 Å². The number of benzene rings is 3. The Balaban J connectivity index is 1.88. The highest BCUT2D eigenvalue weighted by molar-refractivity contribution is 6.01. The summed E-state index contributed by atoms with van der Waals surface area (Å²) in [5, 5.41) is 3.34. The van der Waals surface area contributed by atoms with Crippen molar-refractivity contribution in [1.82, 2.24) is 4.98 Å². The number of fused-ring (bicyclic) bond motifs is 2. The largest absolute Gasteiger partial charge is 0.456 e. The van der Waals surface area contributed by atoms with Crippen LogP contribution in [-0.2, 0) is 4.74 Å². The first-order chi connectivity index (χ1) is 13.3. The van der Waals surface area contributed by atoms with Gasteiger partial charge in [-0.1, -0.05) is 36.4 Å². The first-order valence-electron chi connectivity index (χ1n) is 9.44. The molecule has 0 N–H and O–H groups in total. The van der Waals surface area contributed by atoms with Gasteiger partial charge in [0.2, 0.25) is 0 Å². The van der Waals surface area contributed by atoms with E-state index < -0.39 is 5.60 Å². The Morgan fingerprint density at radius 2 is 1.64 bits per heavy atom. The van der Waals surface area contributed by atoms with Crippen molar-refractivity contribution in [2.75, 3.05) is 0 Å². The Morgan fingerprint density at radius 1 is 0.893 bits per heavy atom. The highest BCUT2D eigenvalue weighted by Crippen LogP contribution is 2.32. The van der Waals surface area contributed by atoms with Crippen LogP contribution in [0.25, 0.3) is 32.8 Å². The average molecular weight is 369 g/mol. The Labute approximate surface area is 165 Å². The van der Waals surface area contributed by atoms with Gasteiger partial charge in [0.25, 0.3) is 0 Å². The van der Waals surface area contributed by atoms with E-state index in [-0.39, 0.29) is 5.97 Å². The molecule has 4 aromatic rings. The van der Waals surface area contributed by atoms with E-state index in [2.05, 4.69) is 41.4 Å². The van der Waals surface area contributed by atoms with Gasteiger partial charge in [0.15, 0.2) is 0 Å². The molecule has 0 aliphatic heterocycles. The van der Waals surface area contributed by atoms with Gasteiger partial charge in [0, 0.05) is 11.1 Å². The van der Waals surface area contributed by atoms with Gasteiger partial charge < -0.3 is 4.74 Å². The molecule has 0 bridgehead atoms. The summed E-state index contributed by atoms with van der Waals surface area (Å²) in [6.45, 7) is 7.61. The normalized spacial score (nSPS) is 11.7. The molecule has 0 atom stereocenters. The van der Waals surface area contributed by atoms with Crippen molar-refractivity contribution < 1.29 is 9.53 Å². The maximum Gasteiger partial charge on any atom is 0.338 e. The van der Waals surface area contributed by atoms with Crippen molar-refractivity contribution in [2.24, 2.45) is 0 Å². The summed E-state index contributed by atoms with van der Waals surface area (Å²) in [5.41, 5.74) is 4.00. The van der Waals surface area contributed by atoms with E-state index in [0.717, 1.165) is 27.7 Å². The van der Waals surface area contributed by atoms with Gasteiger partial charge in [-0.05, 0) is 79.9 Å². The molecule has 28 heavy (non-hydrogen) atoms. The number of aromatic nitrogens is 1. The maximum absolute atomic E-state index is 12.6. The summed E-state index contributed by atoms with van der Waals surface area (Å²) in [4.78, 5) is 17.2. The molecule has 0 fully saturated rings. The van der Waals surface area contributed by atoms with Crippen molar-refractivity contribution in [3.8, 4) is 11.1 Å². The lowest BCUT2D eigenvalue weighted by molar-refractivity contribution is 0.00697. The SMILES string of the molecule is Cc1cc(-c2ccc3ccccc3c2)c2cc(C(=O)OC(C)(C)C)ccc2n1. The second kappa shape index (κ2) is 6.75. The summed E-state index contributed by atoms with van der Waals surface area (Å²) in [6, 6.07) is 22.4. The number of ether oxygens (including phenoxy) is 1. The quantitative estimate of drug-likeness (QED) is 0.388. The number of rotatable bonds is 2. The van der Waals surface area contributed by atoms with E-state index in [4.69, 9.17) is 4.74 Å². The van der Waals surface area contributed by atoms with Gasteiger partial charge in [-0.25, -0.2) is 4.79 Å². The number of nitrogens with zero attached hydrogens (tertiary/aromatic N) is 1.